The number of carbonyl (C=O) groups excluding carboxylic acids is 5. The zero-order valence-electron chi connectivity index (χ0n) is 38.4. The first kappa shape index (κ1) is 49.8. The topological polar surface area (TPSA) is 200 Å². The SMILES string of the molecule is COC[C@H]1O[C@@H](Oc2cc3c(c4c(C)csc24)[C@H](CCl)CN3C(=O)CCCC(=O)N2C[C@@H](CCl)c3c2cc(OC(=O)Oc2ccc([N+](=O)[O-])cc2)c2scc(C)c32)[C@H](C)[C@@H](OC(C)=O)[C@@H]1OC(C)=O. The zero-order chi connectivity index (χ0) is 49.4. The molecule has 5 heterocycles. The lowest BCUT2D eigenvalue weighted by molar-refractivity contribution is -0.384. The summed E-state index contributed by atoms with van der Waals surface area (Å²) in [5.41, 5.74) is 4.66. The molecule has 5 aromatic rings. The van der Waals surface area contributed by atoms with Crippen LogP contribution in [0.5, 0.6) is 17.2 Å². The van der Waals surface area contributed by atoms with E-state index in [1.165, 1.54) is 67.9 Å². The summed E-state index contributed by atoms with van der Waals surface area (Å²) in [5, 5.41) is 16.8. The highest BCUT2D eigenvalue weighted by atomic mass is 35.5. The lowest BCUT2D eigenvalue weighted by Crippen LogP contribution is -2.59. The third kappa shape index (κ3) is 9.94. The number of nitro benzene ring substituents is 1. The summed E-state index contributed by atoms with van der Waals surface area (Å²) in [6.45, 7) is 8.83. The maximum Gasteiger partial charge on any atom is 0.519 e. The molecule has 366 valence electrons. The van der Waals surface area contributed by atoms with Gasteiger partial charge >= 0.3 is 18.1 Å². The normalized spacial score (nSPS) is 21.8. The number of nitrogens with zero attached hydrogens (tertiary/aromatic N) is 3. The monoisotopic (exact) mass is 1030 g/mol. The Morgan fingerprint density at radius 2 is 1.32 bits per heavy atom. The van der Waals surface area contributed by atoms with Gasteiger partial charge in [0.25, 0.3) is 5.69 Å². The molecule has 8 rings (SSSR count). The van der Waals surface area contributed by atoms with Crippen molar-refractivity contribution in [2.75, 3.05) is 48.4 Å². The molecule has 0 saturated carbocycles. The van der Waals surface area contributed by atoms with Gasteiger partial charge in [0.1, 0.15) is 23.7 Å². The summed E-state index contributed by atoms with van der Waals surface area (Å²) in [6, 6.07) is 8.44. The summed E-state index contributed by atoms with van der Waals surface area (Å²) in [7, 11) is 1.48. The largest absolute Gasteiger partial charge is 0.519 e. The first-order valence-corrected chi connectivity index (χ1v) is 25.0. The van der Waals surface area contributed by atoms with Crippen LogP contribution in [0.4, 0.5) is 21.9 Å². The van der Waals surface area contributed by atoms with Gasteiger partial charge in [-0.1, -0.05) is 6.92 Å². The van der Waals surface area contributed by atoms with E-state index < -0.39 is 53.5 Å². The summed E-state index contributed by atoms with van der Waals surface area (Å²) in [6.07, 6.45) is -4.51. The number of alkyl halides is 2. The number of aryl methyl sites for hydroxylation is 2. The smallest absolute Gasteiger partial charge is 0.463 e. The second kappa shape index (κ2) is 20.8. The van der Waals surface area contributed by atoms with E-state index >= 15 is 0 Å². The number of methoxy groups -OCH3 is 1. The predicted octanol–water partition coefficient (Wildman–Crippen LogP) is 9.68. The van der Waals surface area contributed by atoms with Crippen LogP contribution in [0.25, 0.3) is 20.2 Å². The van der Waals surface area contributed by atoms with Gasteiger partial charge in [-0.15, -0.1) is 45.9 Å². The number of hydrogen-bond donors (Lipinski definition) is 0. The molecule has 0 unspecified atom stereocenters. The van der Waals surface area contributed by atoms with Crippen molar-refractivity contribution in [1.29, 1.82) is 0 Å². The average Bonchev–Trinajstić information content (AvgIpc) is 4.09. The fraction of sp³-hybridized carbons (Fsp3) is 0.438. The number of fused-ring (bicyclic) bond motifs is 6. The summed E-state index contributed by atoms with van der Waals surface area (Å²) in [5.74, 6) is -1.51. The molecule has 0 aliphatic carbocycles. The van der Waals surface area contributed by atoms with Gasteiger partial charge in [0.15, 0.2) is 11.9 Å². The Balaban J connectivity index is 1.01. The molecule has 2 aromatic heterocycles. The van der Waals surface area contributed by atoms with Crippen molar-refractivity contribution in [1.82, 2.24) is 0 Å². The summed E-state index contributed by atoms with van der Waals surface area (Å²) >= 11 is 16.0. The summed E-state index contributed by atoms with van der Waals surface area (Å²) in [4.78, 5) is 79.9. The molecule has 0 bridgehead atoms. The van der Waals surface area contributed by atoms with E-state index in [0.717, 1.165) is 37.7 Å². The average molecular weight is 1030 g/mol. The van der Waals surface area contributed by atoms with Crippen molar-refractivity contribution in [2.45, 2.75) is 90.3 Å². The highest BCUT2D eigenvalue weighted by molar-refractivity contribution is 7.18. The van der Waals surface area contributed by atoms with Gasteiger partial charge in [0.2, 0.25) is 18.1 Å². The quantitative estimate of drug-likeness (QED) is 0.0315. The van der Waals surface area contributed by atoms with E-state index in [9.17, 15) is 34.1 Å². The van der Waals surface area contributed by atoms with E-state index in [0.29, 0.717) is 28.4 Å². The first-order valence-electron chi connectivity index (χ1n) is 22.1. The molecule has 0 spiro atoms. The van der Waals surface area contributed by atoms with Crippen LogP contribution in [0.15, 0.2) is 47.2 Å². The number of anilines is 2. The maximum absolute atomic E-state index is 14.3. The Kier molecular flexibility index (Phi) is 15.0. The molecule has 1 fully saturated rings. The molecular formula is C48H49Cl2N3O14S2. The molecule has 69 heavy (non-hydrogen) atoms. The zero-order valence-corrected chi connectivity index (χ0v) is 41.6. The molecule has 2 amide bonds. The molecule has 3 aliphatic rings. The number of benzene rings is 3. The number of hydrogen-bond acceptors (Lipinski definition) is 16. The fourth-order valence-electron chi connectivity index (χ4n) is 9.49. The lowest BCUT2D eigenvalue weighted by atomic mass is 9.91. The molecule has 3 aromatic carbocycles. The van der Waals surface area contributed by atoms with Crippen LogP contribution in [-0.2, 0) is 38.1 Å². The molecule has 3 aliphatic heterocycles. The number of amides is 2. The second-order valence-electron chi connectivity index (χ2n) is 17.3. The van der Waals surface area contributed by atoms with Crippen molar-refractivity contribution in [3.8, 4) is 17.2 Å². The number of ether oxygens (including phenoxy) is 7. The number of esters is 2. The number of nitro groups is 1. The fourth-order valence-corrected chi connectivity index (χ4v) is 12.0. The minimum atomic E-state index is -1.07. The van der Waals surface area contributed by atoms with Crippen molar-refractivity contribution >= 4 is 113 Å². The molecule has 0 radical (unpaired) electrons. The van der Waals surface area contributed by atoms with Gasteiger partial charge in [-0.05, 0) is 65.4 Å². The van der Waals surface area contributed by atoms with E-state index in [4.69, 9.17) is 56.4 Å². The third-order valence-electron chi connectivity index (χ3n) is 12.6. The summed E-state index contributed by atoms with van der Waals surface area (Å²) < 4.78 is 42.4. The van der Waals surface area contributed by atoms with Crippen LogP contribution in [-0.4, -0.2) is 98.0 Å². The standard InChI is InChI=1S/C48H49Cl2N3O14S2/c1-23-21-68-45-34(65-47-25(3)43(62-26(4)54)44(63-27(5)55)36(66-47)20-61-6)14-32-41(39(23)45)28(16-49)18-51(32)37(56)8-7-9-38(57)52-19-29(17-50)42-33(52)15-35(46-40(42)24(2)22-69-46)67-48(58)64-31-12-10-30(11-13-31)53(59)60/h10-15,21-22,25,28-29,36,43-44,47H,7-9,16-20H2,1-6H3/t25-,28-,29-,36-,43-,44-,47-/m1/s1. The van der Waals surface area contributed by atoms with Crippen LogP contribution in [0.3, 0.4) is 0 Å². The van der Waals surface area contributed by atoms with E-state index in [1.807, 2.05) is 30.7 Å². The van der Waals surface area contributed by atoms with Crippen molar-refractivity contribution in [3.63, 3.8) is 0 Å². The van der Waals surface area contributed by atoms with Gasteiger partial charge in [0, 0.05) is 106 Å². The van der Waals surface area contributed by atoms with Gasteiger partial charge in [0.05, 0.1) is 38.2 Å². The lowest BCUT2D eigenvalue weighted by Gasteiger charge is -2.43. The molecule has 7 atom stereocenters. The Morgan fingerprint density at radius 3 is 1.83 bits per heavy atom. The van der Waals surface area contributed by atoms with Gasteiger partial charge < -0.3 is 43.0 Å². The minimum Gasteiger partial charge on any atom is -0.463 e. The molecule has 1 saturated heterocycles. The van der Waals surface area contributed by atoms with Crippen LogP contribution >= 0.6 is 45.9 Å². The Hall–Kier alpha value is -5.57. The number of non-ortho nitro benzene ring substituents is 1. The van der Waals surface area contributed by atoms with E-state index in [1.54, 1.807) is 22.8 Å². The Labute approximate surface area is 414 Å². The van der Waals surface area contributed by atoms with Crippen LogP contribution < -0.4 is 24.0 Å². The number of carbonyl (C=O) groups is 5. The van der Waals surface area contributed by atoms with Crippen LogP contribution in [0.1, 0.15) is 74.1 Å². The van der Waals surface area contributed by atoms with Crippen LogP contribution in [0, 0.1) is 29.9 Å². The maximum atomic E-state index is 14.3. The van der Waals surface area contributed by atoms with Crippen molar-refractivity contribution in [2.24, 2.45) is 5.92 Å². The van der Waals surface area contributed by atoms with E-state index in [2.05, 4.69) is 0 Å². The minimum absolute atomic E-state index is 0.0115. The van der Waals surface area contributed by atoms with Gasteiger partial charge in [-0.3, -0.25) is 29.3 Å². The molecule has 21 heteroatoms. The van der Waals surface area contributed by atoms with Crippen LogP contribution in [0.2, 0.25) is 0 Å². The molecular weight excluding hydrogens is 978 g/mol. The number of thiophene rings is 2. The Morgan fingerprint density at radius 1 is 0.797 bits per heavy atom. The second-order valence-corrected chi connectivity index (χ2v) is 19.6. The van der Waals surface area contributed by atoms with Crippen molar-refractivity contribution < 1.29 is 62.1 Å². The van der Waals surface area contributed by atoms with Gasteiger partial charge in [-0.2, -0.15) is 0 Å². The number of halogens is 2. The number of rotatable bonds is 15. The van der Waals surface area contributed by atoms with Crippen molar-refractivity contribution in [3.05, 3.63) is 79.5 Å². The van der Waals surface area contributed by atoms with Gasteiger partial charge in [-0.25, -0.2) is 4.79 Å². The third-order valence-corrected chi connectivity index (χ3v) is 15.5. The molecule has 17 nitrogen and oxygen atoms in total. The molecule has 0 N–H and O–H groups in total. The Bertz CT molecular complexity index is 2830. The van der Waals surface area contributed by atoms with E-state index in [-0.39, 0.29) is 85.0 Å². The highest BCUT2D eigenvalue weighted by Gasteiger charge is 2.49. The highest BCUT2D eigenvalue weighted by Crippen LogP contribution is 2.51. The first-order chi connectivity index (χ1) is 33.0. The predicted molar refractivity (Wildman–Crippen MR) is 260 cm³/mol.